The average molecular weight is 322 g/mol. The van der Waals surface area contributed by atoms with E-state index in [4.69, 9.17) is 22.1 Å². The molecule has 0 atom stereocenters. The number of hydrogen-bond donors (Lipinski definition) is 1. The predicted molar refractivity (Wildman–Crippen MR) is 97.4 cm³/mol. The number of nitrogens with two attached hydrogens (primary N) is 1. The lowest BCUT2D eigenvalue weighted by molar-refractivity contribution is 0.519. The normalized spacial score (nSPS) is 10.3. The number of nitrogen functional groups attached to an aromatic ring is 1. The van der Waals surface area contributed by atoms with Gasteiger partial charge in [0, 0.05) is 10.6 Å². The molecular weight excluding hydrogens is 306 g/mol. The summed E-state index contributed by atoms with van der Waals surface area (Å²) in [5.41, 5.74) is 9.53. The van der Waals surface area contributed by atoms with Crippen LogP contribution in [0.25, 0.3) is 16.9 Å². The first kappa shape index (κ1) is 15.2. The summed E-state index contributed by atoms with van der Waals surface area (Å²) < 4.78 is 5.76. The van der Waals surface area contributed by atoms with Crippen LogP contribution in [0.2, 0.25) is 5.02 Å². The molecule has 2 nitrogen and oxygen atoms in total. The Bertz CT molecular complexity index is 840. The monoisotopic (exact) mass is 321 g/mol. The highest BCUT2D eigenvalue weighted by Gasteiger charge is 2.05. The summed E-state index contributed by atoms with van der Waals surface area (Å²) in [6.45, 7) is 3.98. The summed E-state index contributed by atoms with van der Waals surface area (Å²) in [6, 6.07) is 23.1. The van der Waals surface area contributed by atoms with Crippen LogP contribution in [0.3, 0.4) is 0 Å². The molecule has 3 rings (SSSR count). The van der Waals surface area contributed by atoms with Crippen LogP contribution in [0.1, 0.15) is 5.56 Å². The SMILES string of the molecule is C=C(Oc1ccccc1N)c1ccc(-c2cccc(Cl)c2)cc1. The van der Waals surface area contributed by atoms with Crippen molar-refractivity contribution >= 4 is 23.0 Å². The van der Waals surface area contributed by atoms with E-state index in [1.54, 1.807) is 6.07 Å². The molecule has 0 spiro atoms. The maximum atomic E-state index is 6.04. The van der Waals surface area contributed by atoms with Crippen LogP contribution in [-0.2, 0) is 0 Å². The summed E-state index contributed by atoms with van der Waals surface area (Å²) in [7, 11) is 0. The number of anilines is 1. The van der Waals surface area contributed by atoms with Gasteiger partial charge in [-0.2, -0.15) is 0 Å². The Balaban J connectivity index is 1.79. The minimum atomic E-state index is 0.556. The first-order valence-electron chi connectivity index (χ1n) is 7.21. The van der Waals surface area contributed by atoms with Gasteiger partial charge >= 0.3 is 0 Å². The molecule has 0 aromatic heterocycles. The maximum absolute atomic E-state index is 6.04. The van der Waals surface area contributed by atoms with Crippen LogP contribution in [0.5, 0.6) is 5.75 Å². The standard InChI is InChI=1S/C20H16ClNO/c1-14(23-20-8-3-2-7-19(20)22)15-9-11-16(12-10-15)17-5-4-6-18(21)13-17/h2-13H,1,22H2. The smallest absolute Gasteiger partial charge is 0.150 e. The largest absolute Gasteiger partial charge is 0.455 e. The fourth-order valence-corrected chi connectivity index (χ4v) is 2.47. The zero-order valence-electron chi connectivity index (χ0n) is 12.5. The Hall–Kier alpha value is -2.71. The Labute approximate surface area is 140 Å². The summed E-state index contributed by atoms with van der Waals surface area (Å²) in [4.78, 5) is 0. The zero-order chi connectivity index (χ0) is 16.2. The van der Waals surface area contributed by atoms with Crippen molar-refractivity contribution in [3.63, 3.8) is 0 Å². The van der Waals surface area contributed by atoms with Crippen molar-refractivity contribution in [3.05, 3.63) is 90.0 Å². The van der Waals surface area contributed by atoms with Crippen molar-refractivity contribution in [2.75, 3.05) is 5.73 Å². The van der Waals surface area contributed by atoms with Crippen LogP contribution >= 0.6 is 11.6 Å². The van der Waals surface area contributed by atoms with Crippen LogP contribution in [0.4, 0.5) is 5.69 Å². The van der Waals surface area contributed by atoms with Crippen molar-refractivity contribution < 1.29 is 4.74 Å². The van der Waals surface area contributed by atoms with Crippen molar-refractivity contribution in [3.8, 4) is 16.9 Å². The fourth-order valence-electron chi connectivity index (χ4n) is 2.28. The molecule has 0 aliphatic rings. The highest BCUT2D eigenvalue weighted by molar-refractivity contribution is 6.30. The Kier molecular flexibility index (Phi) is 4.35. The van der Waals surface area contributed by atoms with Crippen LogP contribution < -0.4 is 10.5 Å². The fraction of sp³-hybridized carbons (Fsp3) is 0. The molecule has 0 aliphatic carbocycles. The molecule has 3 heteroatoms. The van der Waals surface area contributed by atoms with Gasteiger partial charge in [-0.05, 0) is 35.4 Å². The number of ether oxygens (including phenoxy) is 1. The summed E-state index contributed by atoms with van der Waals surface area (Å²) >= 11 is 6.04. The second-order valence-corrected chi connectivity index (χ2v) is 5.59. The highest BCUT2D eigenvalue weighted by Crippen LogP contribution is 2.27. The van der Waals surface area contributed by atoms with Crippen LogP contribution in [0, 0.1) is 0 Å². The first-order chi connectivity index (χ1) is 11.1. The molecule has 0 aliphatic heterocycles. The van der Waals surface area contributed by atoms with E-state index in [0.29, 0.717) is 17.2 Å². The second kappa shape index (κ2) is 6.59. The molecular formula is C20H16ClNO. The van der Waals surface area contributed by atoms with Crippen molar-refractivity contribution in [2.45, 2.75) is 0 Å². The zero-order valence-corrected chi connectivity index (χ0v) is 13.3. The van der Waals surface area contributed by atoms with Gasteiger partial charge in [0.15, 0.2) is 0 Å². The third kappa shape index (κ3) is 3.55. The van der Waals surface area contributed by atoms with Gasteiger partial charge in [0.1, 0.15) is 11.5 Å². The molecule has 3 aromatic carbocycles. The number of hydrogen-bond acceptors (Lipinski definition) is 2. The van der Waals surface area contributed by atoms with E-state index >= 15 is 0 Å². The van der Waals surface area contributed by atoms with Gasteiger partial charge in [0.05, 0.1) is 5.69 Å². The molecule has 0 radical (unpaired) electrons. The van der Waals surface area contributed by atoms with Crippen LogP contribution in [0.15, 0.2) is 79.4 Å². The van der Waals surface area contributed by atoms with E-state index in [-0.39, 0.29) is 0 Å². The minimum absolute atomic E-state index is 0.556. The van der Waals surface area contributed by atoms with Crippen molar-refractivity contribution in [1.29, 1.82) is 0 Å². The van der Waals surface area contributed by atoms with E-state index < -0.39 is 0 Å². The van der Waals surface area contributed by atoms with E-state index in [1.807, 2.05) is 66.7 Å². The molecule has 2 N–H and O–H groups in total. The van der Waals surface area contributed by atoms with Crippen molar-refractivity contribution in [1.82, 2.24) is 0 Å². The number of benzene rings is 3. The van der Waals surface area contributed by atoms with Gasteiger partial charge < -0.3 is 10.5 Å². The third-order valence-electron chi connectivity index (χ3n) is 3.52. The van der Waals surface area contributed by atoms with Gasteiger partial charge in [-0.3, -0.25) is 0 Å². The lowest BCUT2D eigenvalue weighted by Gasteiger charge is -2.11. The van der Waals surface area contributed by atoms with Gasteiger partial charge in [0.25, 0.3) is 0 Å². The molecule has 114 valence electrons. The average Bonchev–Trinajstić information content (AvgIpc) is 2.57. The molecule has 23 heavy (non-hydrogen) atoms. The van der Waals surface area contributed by atoms with Gasteiger partial charge in [-0.15, -0.1) is 0 Å². The summed E-state index contributed by atoms with van der Waals surface area (Å²) in [5.74, 6) is 1.16. The molecule has 0 unspecified atom stereocenters. The second-order valence-electron chi connectivity index (χ2n) is 5.15. The topological polar surface area (TPSA) is 35.2 Å². The van der Waals surface area contributed by atoms with E-state index in [1.165, 1.54) is 0 Å². The Morgan fingerprint density at radius 3 is 2.30 bits per heavy atom. The lowest BCUT2D eigenvalue weighted by Crippen LogP contribution is -1.97. The quantitative estimate of drug-likeness (QED) is 0.498. The number of rotatable bonds is 4. The lowest BCUT2D eigenvalue weighted by atomic mass is 10.0. The van der Waals surface area contributed by atoms with Crippen LogP contribution in [-0.4, -0.2) is 0 Å². The third-order valence-corrected chi connectivity index (χ3v) is 3.75. The molecule has 3 aromatic rings. The summed E-state index contributed by atoms with van der Waals surface area (Å²) in [6.07, 6.45) is 0. The molecule has 0 bridgehead atoms. The first-order valence-corrected chi connectivity index (χ1v) is 7.59. The molecule has 0 amide bonds. The van der Waals surface area contributed by atoms with Crippen molar-refractivity contribution in [2.24, 2.45) is 0 Å². The summed E-state index contributed by atoms with van der Waals surface area (Å²) in [5, 5.41) is 0.721. The Morgan fingerprint density at radius 2 is 1.61 bits per heavy atom. The van der Waals surface area contributed by atoms with E-state index in [0.717, 1.165) is 21.7 Å². The van der Waals surface area contributed by atoms with Gasteiger partial charge in [0.2, 0.25) is 0 Å². The number of halogens is 1. The van der Waals surface area contributed by atoms with E-state index in [9.17, 15) is 0 Å². The van der Waals surface area contributed by atoms with Gasteiger partial charge in [-0.25, -0.2) is 0 Å². The molecule has 0 saturated heterocycles. The Morgan fingerprint density at radius 1 is 0.870 bits per heavy atom. The number of para-hydroxylation sites is 2. The highest BCUT2D eigenvalue weighted by atomic mass is 35.5. The predicted octanol–water partition coefficient (Wildman–Crippen LogP) is 5.64. The molecule has 0 saturated carbocycles. The molecule has 0 fully saturated rings. The van der Waals surface area contributed by atoms with Gasteiger partial charge in [-0.1, -0.05) is 66.7 Å². The minimum Gasteiger partial charge on any atom is -0.455 e. The molecule has 0 heterocycles. The maximum Gasteiger partial charge on any atom is 0.150 e. The van der Waals surface area contributed by atoms with E-state index in [2.05, 4.69) is 6.58 Å².